The van der Waals surface area contributed by atoms with Gasteiger partial charge in [-0.3, -0.25) is 4.79 Å². The lowest BCUT2D eigenvalue weighted by molar-refractivity contribution is 0.0988. The van der Waals surface area contributed by atoms with E-state index in [1.165, 1.54) is 0 Å². The highest BCUT2D eigenvalue weighted by Crippen LogP contribution is 2.35. The number of benzene rings is 1. The molecule has 0 spiro atoms. The summed E-state index contributed by atoms with van der Waals surface area (Å²) in [4.78, 5) is 18.8. The van der Waals surface area contributed by atoms with Gasteiger partial charge in [0.25, 0.3) is 5.91 Å². The molecule has 1 aromatic heterocycles. The number of anilines is 3. The second kappa shape index (κ2) is 5.13. The summed E-state index contributed by atoms with van der Waals surface area (Å²) in [6.07, 6.45) is 2.58. The third-order valence-electron chi connectivity index (χ3n) is 3.23. The van der Waals surface area contributed by atoms with Gasteiger partial charge < -0.3 is 10.2 Å². The molecule has 2 aromatic rings. The molecule has 1 aliphatic heterocycles. The summed E-state index contributed by atoms with van der Waals surface area (Å²) in [7, 11) is 0. The van der Waals surface area contributed by atoms with Crippen LogP contribution in [0.25, 0.3) is 0 Å². The molecule has 1 amide bonds. The smallest absolute Gasteiger partial charge is 0.260 e. The maximum atomic E-state index is 12.7. The Morgan fingerprint density at radius 3 is 3.00 bits per heavy atom. The molecule has 4 nitrogen and oxygen atoms in total. The molecule has 102 valence electrons. The fourth-order valence-corrected chi connectivity index (χ4v) is 2.52. The van der Waals surface area contributed by atoms with Crippen LogP contribution in [-0.4, -0.2) is 17.4 Å². The molecule has 5 heteroatoms. The molecule has 0 saturated carbocycles. The SMILES string of the molecule is CCCN1C(=O)c2ccc(Cl)cc2Nc2ncccc21. The Hall–Kier alpha value is -2.07. The van der Waals surface area contributed by atoms with Crippen molar-refractivity contribution in [1.82, 2.24) is 4.98 Å². The third kappa shape index (κ3) is 2.12. The predicted octanol–water partition coefficient (Wildman–Crippen LogP) is 3.85. The van der Waals surface area contributed by atoms with E-state index in [0.717, 1.165) is 12.1 Å². The number of nitrogens with one attached hydrogen (secondary N) is 1. The molecule has 0 aliphatic carbocycles. The molecule has 3 rings (SSSR count). The van der Waals surface area contributed by atoms with Gasteiger partial charge in [0.2, 0.25) is 0 Å². The average molecular weight is 288 g/mol. The van der Waals surface area contributed by atoms with Crippen molar-refractivity contribution in [2.75, 3.05) is 16.8 Å². The Morgan fingerprint density at radius 1 is 1.35 bits per heavy atom. The summed E-state index contributed by atoms with van der Waals surface area (Å²) >= 11 is 6.02. The number of carbonyl (C=O) groups excluding carboxylic acids is 1. The monoisotopic (exact) mass is 287 g/mol. The van der Waals surface area contributed by atoms with Crippen molar-refractivity contribution in [2.24, 2.45) is 0 Å². The lowest BCUT2D eigenvalue weighted by Gasteiger charge is -2.21. The maximum absolute atomic E-state index is 12.7. The first-order valence-electron chi connectivity index (χ1n) is 6.54. The Labute approximate surface area is 122 Å². The first kappa shape index (κ1) is 12.9. The molecule has 0 bridgehead atoms. The number of hydrogen-bond acceptors (Lipinski definition) is 3. The quantitative estimate of drug-likeness (QED) is 0.912. The first-order valence-corrected chi connectivity index (χ1v) is 6.92. The van der Waals surface area contributed by atoms with Gasteiger partial charge >= 0.3 is 0 Å². The Balaban J connectivity index is 2.19. The van der Waals surface area contributed by atoms with E-state index in [4.69, 9.17) is 11.6 Å². The van der Waals surface area contributed by atoms with Crippen molar-refractivity contribution in [1.29, 1.82) is 0 Å². The molecule has 0 atom stereocenters. The Bertz CT molecular complexity index is 672. The summed E-state index contributed by atoms with van der Waals surface area (Å²) in [6.45, 7) is 2.70. The van der Waals surface area contributed by atoms with Crippen LogP contribution < -0.4 is 10.2 Å². The number of halogens is 1. The lowest BCUT2D eigenvalue weighted by Crippen LogP contribution is -2.31. The van der Waals surface area contributed by atoms with Gasteiger partial charge in [-0.15, -0.1) is 0 Å². The van der Waals surface area contributed by atoms with Gasteiger partial charge in [0.15, 0.2) is 5.82 Å². The van der Waals surface area contributed by atoms with Crippen LogP contribution >= 0.6 is 11.6 Å². The molecule has 0 radical (unpaired) electrons. The van der Waals surface area contributed by atoms with Gasteiger partial charge in [-0.2, -0.15) is 0 Å². The van der Waals surface area contributed by atoms with Crippen LogP contribution in [0.2, 0.25) is 5.02 Å². The second-order valence-electron chi connectivity index (χ2n) is 4.64. The first-order chi connectivity index (χ1) is 9.70. The molecule has 2 heterocycles. The van der Waals surface area contributed by atoms with Crippen molar-refractivity contribution in [3.8, 4) is 0 Å². The van der Waals surface area contributed by atoms with Crippen molar-refractivity contribution in [3.63, 3.8) is 0 Å². The summed E-state index contributed by atoms with van der Waals surface area (Å²) in [5.41, 5.74) is 2.11. The van der Waals surface area contributed by atoms with Crippen LogP contribution in [0.3, 0.4) is 0 Å². The number of hydrogen-bond donors (Lipinski definition) is 1. The van der Waals surface area contributed by atoms with E-state index < -0.39 is 0 Å². The van der Waals surface area contributed by atoms with Crippen molar-refractivity contribution < 1.29 is 4.79 Å². The zero-order chi connectivity index (χ0) is 14.1. The normalized spacial score (nSPS) is 13.3. The van der Waals surface area contributed by atoms with Crippen LogP contribution in [0.5, 0.6) is 0 Å². The molecule has 0 fully saturated rings. The standard InChI is InChI=1S/C15H14ClN3O/c1-2-8-19-13-4-3-7-17-14(13)18-12-9-10(16)5-6-11(12)15(19)20/h3-7,9H,2,8H2,1H3,(H,17,18). The van der Waals surface area contributed by atoms with Gasteiger partial charge in [0.05, 0.1) is 16.9 Å². The van der Waals surface area contributed by atoms with Gasteiger partial charge in [0, 0.05) is 17.8 Å². The molecular weight excluding hydrogens is 274 g/mol. The van der Waals surface area contributed by atoms with E-state index in [9.17, 15) is 4.79 Å². The van der Waals surface area contributed by atoms with Gasteiger partial charge in [-0.1, -0.05) is 18.5 Å². The summed E-state index contributed by atoms with van der Waals surface area (Å²) in [5, 5.41) is 3.79. The summed E-state index contributed by atoms with van der Waals surface area (Å²) in [6, 6.07) is 8.97. The van der Waals surface area contributed by atoms with Crippen molar-refractivity contribution >= 4 is 34.7 Å². The largest absolute Gasteiger partial charge is 0.338 e. The number of carbonyl (C=O) groups is 1. The number of nitrogens with zero attached hydrogens (tertiary/aromatic N) is 2. The zero-order valence-corrected chi connectivity index (χ0v) is 11.8. The highest BCUT2D eigenvalue weighted by atomic mass is 35.5. The zero-order valence-electron chi connectivity index (χ0n) is 11.1. The van der Waals surface area contributed by atoms with Crippen LogP contribution in [0.15, 0.2) is 36.5 Å². The van der Waals surface area contributed by atoms with E-state index in [1.807, 2.05) is 19.1 Å². The van der Waals surface area contributed by atoms with Gasteiger partial charge in [-0.05, 0) is 36.8 Å². The second-order valence-corrected chi connectivity index (χ2v) is 5.08. The minimum Gasteiger partial charge on any atom is -0.338 e. The summed E-state index contributed by atoms with van der Waals surface area (Å²) < 4.78 is 0. The summed E-state index contributed by atoms with van der Waals surface area (Å²) in [5.74, 6) is 0.646. The topological polar surface area (TPSA) is 45.2 Å². The lowest BCUT2D eigenvalue weighted by atomic mass is 10.1. The van der Waals surface area contributed by atoms with Crippen LogP contribution in [0.4, 0.5) is 17.2 Å². The molecule has 0 saturated heterocycles. The van der Waals surface area contributed by atoms with E-state index in [2.05, 4.69) is 10.3 Å². The molecular formula is C15H14ClN3O. The number of pyridine rings is 1. The van der Waals surface area contributed by atoms with Gasteiger partial charge in [-0.25, -0.2) is 4.98 Å². The number of rotatable bonds is 2. The third-order valence-corrected chi connectivity index (χ3v) is 3.47. The Kier molecular flexibility index (Phi) is 3.32. The minimum atomic E-state index is -0.0298. The molecule has 20 heavy (non-hydrogen) atoms. The number of aromatic nitrogens is 1. The predicted molar refractivity (Wildman–Crippen MR) is 80.9 cm³/mol. The fraction of sp³-hybridized carbons (Fsp3) is 0.200. The average Bonchev–Trinajstić information content (AvgIpc) is 2.55. The van der Waals surface area contributed by atoms with Gasteiger partial charge in [0.1, 0.15) is 0 Å². The molecule has 1 aromatic carbocycles. The molecule has 1 N–H and O–H groups in total. The van der Waals surface area contributed by atoms with E-state index in [0.29, 0.717) is 28.6 Å². The van der Waals surface area contributed by atoms with Crippen LogP contribution in [0, 0.1) is 0 Å². The number of fused-ring (bicyclic) bond motifs is 2. The van der Waals surface area contributed by atoms with E-state index in [1.54, 1.807) is 29.3 Å². The number of amides is 1. The van der Waals surface area contributed by atoms with Crippen molar-refractivity contribution in [3.05, 3.63) is 47.1 Å². The minimum absolute atomic E-state index is 0.0298. The molecule has 1 aliphatic rings. The van der Waals surface area contributed by atoms with Crippen LogP contribution in [-0.2, 0) is 0 Å². The highest BCUT2D eigenvalue weighted by Gasteiger charge is 2.26. The van der Waals surface area contributed by atoms with E-state index in [-0.39, 0.29) is 5.91 Å². The fourth-order valence-electron chi connectivity index (χ4n) is 2.35. The van der Waals surface area contributed by atoms with E-state index >= 15 is 0 Å². The molecule has 0 unspecified atom stereocenters. The van der Waals surface area contributed by atoms with Crippen molar-refractivity contribution in [2.45, 2.75) is 13.3 Å². The Morgan fingerprint density at radius 2 is 2.20 bits per heavy atom. The maximum Gasteiger partial charge on any atom is 0.260 e. The highest BCUT2D eigenvalue weighted by molar-refractivity contribution is 6.31. The van der Waals surface area contributed by atoms with Crippen LogP contribution in [0.1, 0.15) is 23.7 Å².